The van der Waals surface area contributed by atoms with Crippen LogP contribution < -0.4 is 0 Å². The molecule has 0 aromatic heterocycles. The zero-order valence-electron chi connectivity index (χ0n) is 5.43. The van der Waals surface area contributed by atoms with Gasteiger partial charge in [-0.1, -0.05) is 0 Å². The lowest BCUT2D eigenvalue weighted by Gasteiger charge is -1.99. The van der Waals surface area contributed by atoms with Crippen molar-refractivity contribution in [1.82, 2.24) is 0 Å². The molecule has 0 saturated heterocycles. The summed E-state index contributed by atoms with van der Waals surface area (Å²) in [5, 5.41) is 0. The number of methoxy groups -OCH3 is 1. The Labute approximate surface area is 53.6 Å². The number of ether oxygens (including phenoxy) is 2. The van der Waals surface area contributed by atoms with E-state index in [9.17, 15) is 4.53 Å². The Bertz CT molecular complexity index is 45.5. The second kappa shape index (κ2) is 7.81. The molecule has 9 heavy (non-hydrogen) atoms. The van der Waals surface area contributed by atoms with Crippen molar-refractivity contribution in [2.75, 3.05) is 33.5 Å². The molecule has 0 rings (SSSR count). The minimum absolute atomic E-state index is 0.0102. The maximum Gasteiger partial charge on any atom is 0.111 e. The molecule has 0 aliphatic carbocycles. The van der Waals surface area contributed by atoms with Crippen LogP contribution in [-0.2, 0) is 14.4 Å². The van der Waals surface area contributed by atoms with Crippen molar-refractivity contribution in [3.8, 4) is 0 Å². The quantitative estimate of drug-likeness (QED) is 0.502. The van der Waals surface area contributed by atoms with Gasteiger partial charge in [0.05, 0.1) is 19.8 Å². The van der Waals surface area contributed by atoms with E-state index in [1.165, 1.54) is 0 Å². The van der Waals surface area contributed by atoms with Crippen molar-refractivity contribution in [2.45, 2.75) is 0 Å². The van der Waals surface area contributed by atoms with Crippen LogP contribution in [0.4, 0.5) is 4.53 Å². The summed E-state index contributed by atoms with van der Waals surface area (Å²) < 4.78 is 20.4. The third-order valence-corrected chi connectivity index (χ3v) is 0.737. The van der Waals surface area contributed by atoms with Crippen LogP contribution in [-0.4, -0.2) is 33.5 Å². The van der Waals surface area contributed by atoms with Gasteiger partial charge in [-0.2, -0.15) is 4.94 Å². The van der Waals surface area contributed by atoms with E-state index in [0.717, 1.165) is 0 Å². The van der Waals surface area contributed by atoms with Crippen molar-refractivity contribution >= 4 is 0 Å². The van der Waals surface area contributed by atoms with E-state index >= 15 is 0 Å². The van der Waals surface area contributed by atoms with E-state index in [0.29, 0.717) is 13.2 Å². The van der Waals surface area contributed by atoms with Gasteiger partial charge >= 0.3 is 0 Å². The van der Waals surface area contributed by atoms with Crippen LogP contribution in [0.3, 0.4) is 0 Å². The lowest BCUT2D eigenvalue weighted by molar-refractivity contribution is -0.147. The van der Waals surface area contributed by atoms with E-state index in [-0.39, 0.29) is 13.2 Å². The Morgan fingerprint density at radius 3 is 2.33 bits per heavy atom. The topological polar surface area (TPSA) is 27.7 Å². The first-order valence-corrected chi connectivity index (χ1v) is 2.72. The first kappa shape index (κ1) is 8.81. The van der Waals surface area contributed by atoms with Crippen LogP contribution in [0.2, 0.25) is 0 Å². The van der Waals surface area contributed by atoms with Crippen molar-refractivity contribution in [3.05, 3.63) is 0 Å². The van der Waals surface area contributed by atoms with E-state index in [1.54, 1.807) is 7.11 Å². The molecular formula is C5H11FO3. The molecule has 0 bridgehead atoms. The van der Waals surface area contributed by atoms with Gasteiger partial charge in [0.15, 0.2) is 0 Å². The maximum atomic E-state index is 10.9. The highest BCUT2D eigenvalue weighted by Crippen LogP contribution is 1.77. The number of rotatable bonds is 6. The zero-order valence-corrected chi connectivity index (χ0v) is 5.43. The minimum Gasteiger partial charge on any atom is -0.382 e. The average Bonchev–Trinajstić information content (AvgIpc) is 1.89. The normalized spacial score (nSPS) is 10.0. The first-order chi connectivity index (χ1) is 4.41. The van der Waals surface area contributed by atoms with Gasteiger partial charge in [-0.05, 0) is 4.53 Å². The van der Waals surface area contributed by atoms with Gasteiger partial charge in [0.25, 0.3) is 0 Å². The Morgan fingerprint density at radius 1 is 1.11 bits per heavy atom. The molecule has 0 amide bonds. The molecule has 0 aromatic carbocycles. The summed E-state index contributed by atoms with van der Waals surface area (Å²) in [6.45, 7) is 1.29. The largest absolute Gasteiger partial charge is 0.382 e. The van der Waals surface area contributed by atoms with Crippen molar-refractivity contribution in [3.63, 3.8) is 0 Å². The Hall–Kier alpha value is -0.190. The van der Waals surface area contributed by atoms with Gasteiger partial charge in [0.1, 0.15) is 6.61 Å². The summed E-state index contributed by atoms with van der Waals surface area (Å²) in [7, 11) is 1.58. The molecule has 3 nitrogen and oxygen atoms in total. The maximum absolute atomic E-state index is 10.9. The molecule has 0 radical (unpaired) electrons. The molecule has 0 atom stereocenters. The van der Waals surface area contributed by atoms with Crippen molar-refractivity contribution in [1.29, 1.82) is 0 Å². The number of hydrogen-bond donors (Lipinski definition) is 0. The molecule has 0 aromatic rings. The summed E-state index contributed by atoms with van der Waals surface area (Å²) in [6.07, 6.45) is 0. The highest BCUT2D eigenvalue weighted by atomic mass is 19.3. The van der Waals surface area contributed by atoms with Crippen LogP contribution in [0.5, 0.6) is 0 Å². The molecule has 0 fully saturated rings. The van der Waals surface area contributed by atoms with Gasteiger partial charge in [0.2, 0.25) is 0 Å². The summed E-state index contributed by atoms with van der Waals surface area (Å²) >= 11 is 0. The summed E-state index contributed by atoms with van der Waals surface area (Å²) in [6, 6.07) is 0. The molecule has 0 N–H and O–H groups in total. The fourth-order valence-electron chi connectivity index (χ4n) is 0.335. The summed E-state index contributed by atoms with van der Waals surface area (Å²) in [5.41, 5.74) is 0. The third kappa shape index (κ3) is 7.81. The molecule has 4 heteroatoms. The van der Waals surface area contributed by atoms with Gasteiger partial charge < -0.3 is 9.47 Å². The van der Waals surface area contributed by atoms with Crippen LogP contribution in [0.25, 0.3) is 0 Å². The first-order valence-electron chi connectivity index (χ1n) is 2.72. The Kier molecular flexibility index (Phi) is 7.65. The highest BCUT2D eigenvalue weighted by molar-refractivity contribution is 4.27. The highest BCUT2D eigenvalue weighted by Gasteiger charge is 1.86. The second-order valence-corrected chi connectivity index (χ2v) is 1.42. The molecular weight excluding hydrogens is 127 g/mol. The van der Waals surface area contributed by atoms with Crippen LogP contribution in [0.1, 0.15) is 0 Å². The van der Waals surface area contributed by atoms with Gasteiger partial charge in [-0.15, -0.1) is 0 Å². The molecule has 0 heterocycles. The Morgan fingerprint density at radius 2 is 1.78 bits per heavy atom. The Balaban J connectivity index is 2.60. The smallest absolute Gasteiger partial charge is 0.111 e. The summed E-state index contributed by atoms with van der Waals surface area (Å²) in [5.74, 6) is 0. The summed E-state index contributed by atoms with van der Waals surface area (Å²) in [4.78, 5) is 3.26. The zero-order chi connectivity index (χ0) is 6.95. The number of hydrogen-bond acceptors (Lipinski definition) is 3. The number of halogens is 1. The van der Waals surface area contributed by atoms with Gasteiger partial charge in [0, 0.05) is 7.11 Å². The lowest BCUT2D eigenvalue weighted by Crippen LogP contribution is -2.05. The predicted octanol–water partition coefficient (Wildman–Crippen LogP) is 0.551. The fourth-order valence-corrected chi connectivity index (χ4v) is 0.335. The van der Waals surface area contributed by atoms with Crippen LogP contribution in [0.15, 0.2) is 0 Å². The van der Waals surface area contributed by atoms with E-state index in [2.05, 4.69) is 9.68 Å². The van der Waals surface area contributed by atoms with Crippen molar-refractivity contribution in [2.24, 2.45) is 0 Å². The minimum atomic E-state index is -0.0102. The predicted molar refractivity (Wildman–Crippen MR) is 29.8 cm³/mol. The average molecular weight is 138 g/mol. The standard InChI is InChI=1S/C5H11FO3/c1-7-2-3-8-4-5-9-6/h2-5H2,1H3. The van der Waals surface area contributed by atoms with E-state index < -0.39 is 0 Å². The molecule has 0 aliphatic heterocycles. The molecule has 0 aliphatic rings. The van der Waals surface area contributed by atoms with Crippen molar-refractivity contribution < 1.29 is 18.9 Å². The van der Waals surface area contributed by atoms with E-state index in [4.69, 9.17) is 4.74 Å². The monoisotopic (exact) mass is 138 g/mol. The third-order valence-electron chi connectivity index (χ3n) is 0.737. The lowest BCUT2D eigenvalue weighted by atomic mass is 10.7. The van der Waals surface area contributed by atoms with Crippen LogP contribution >= 0.6 is 0 Å². The van der Waals surface area contributed by atoms with Gasteiger partial charge in [-0.3, -0.25) is 0 Å². The molecule has 56 valence electrons. The molecule has 0 saturated carbocycles. The molecule has 0 unspecified atom stereocenters. The fraction of sp³-hybridized carbons (Fsp3) is 1.00. The molecule has 0 spiro atoms. The van der Waals surface area contributed by atoms with E-state index in [1.807, 2.05) is 0 Å². The van der Waals surface area contributed by atoms with Gasteiger partial charge in [-0.25, -0.2) is 0 Å². The SMILES string of the molecule is COCCOCCOF. The second-order valence-electron chi connectivity index (χ2n) is 1.42. The van der Waals surface area contributed by atoms with Crippen LogP contribution in [0, 0.1) is 0 Å².